The van der Waals surface area contributed by atoms with Crippen LogP contribution < -0.4 is 15.5 Å². The normalized spacial score (nSPS) is 23.1. The summed E-state index contributed by atoms with van der Waals surface area (Å²) in [6, 6.07) is 0.559. The van der Waals surface area contributed by atoms with Crippen molar-refractivity contribution in [2.75, 3.05) is 55.8 Å². The van der Waals surface area contributed by atoms with Crippen LogP contribution in [0, 0.1) is 0 Å². The quantitative estimate of drug-likeness (QED) is 0.845. The van der Waals surface area contributed by atoms with Gasteiger partial charge in [-0.05, 0) is 33.4 Å². The van der Waals surface area contributed by atoms with Crippen molar-refractivity contribution in [3.8, 4) is 0 Å². The summed E-state index contributed by atoms with van der Waals surface area (Å²) in [5.41, 5.74) is 5.86. The summed E-state index contributed by atoms with van der Waals surface area (Å²) >= 11 is 0. The van der Waals surface area contributed by atoms with E-state index < -0.39 is 0 Å². The SMILES string of the molecule is CN(C)C1CCN(c2nc(N)nc(N3CCCC3)n2)C1. The summed E-state index contributed by atoms with van der Waals surface area (Å²) < 4.78 is 0. The number of rotatable bonds is 3. The smallest absolute Gasteiger partial charge is 0.232 e. The minimum absolute atomic E-state index is 0.324. The van der Waals surface area contributed by atoms with Crippen LogP contribution in [-0.2, 0) is 0 Å². The van der Waals surface area contributed by atoms with Crippen LogP contribution in [0.5, 0.6) is 0 Å². The van der Waals surface area contributed by atoms with Crippen molar-refractivity contribution in [1.82, 2.24) is 19.9 Å². The first kappa shape index (κ1) is 13.4. The highest BCUT2D eigenvalue weighted by Gasteiger charge is 2.27. The Hall–Kier alpha value is -1.63. The molecule has 0 spiro atoms. The van der Waals surface area contributed by atoms with E-state index in [1.807, 2.05) is 0 Å². The molecule has 7 nitrogen and oxygen atoms in total. The van der Waals surface area contributed by atoms with E-state index in [0.29, 0.717) is 12.0 Å². The van der Waals surface area contributed by atoms with E-state index in [1.165, 1.54) is 12.8 Å². The lowest BCUT2D eigenvalue weighted by Gasteiger charge is -2.22. The molecule has 1 aromatic heterocycles. The molecule has 1 unspecified atom stereocenters. The van der Waals surface area contributed by atoms with E-state index in [9.17, 15) is 0 Å². The van der Waals surface area contributed by atoms with Gasteiger partial charge in [-0.2, -0.15) is 15.0 Å². The van der Waals surface area contributed by atoms with Gasteiger partial charge in [0, 0.05) is 32.2 Å². The first-order valence-corrected chi connectivity index (χ1v) is 7.31. The van der Waals surface area contributed by atoms with E-state index in [1.54, 1.807) is 0 Å². The second-order valence-electron chi connectivity index (χ2n) is 5.84. The monoisotopic (exact) mass is 277 g/mol. The van der Waals surface area contributed by atoms with Crippen LogP contribution in [0.1, 0.15) is 19.3 Å². The summed E-state index contributed by atoms with van der Waals surface area (Å²) in [5, 5.41) is 0. The predicted octanol–water partition coefficient (Wildman–Crippen LogP) is 0.194. The summed E-state index contributed by atoms with van der Waals surface area (Å²) in [4.78, 5) is 19.9. The Bertz CT molecular complexity index is 470. The fourth-order valence-corrected chi connectivity index (χ4v) is 2.91. The van der Waals surface area contributed by atoms with Crippen molar-refractivity contribution in [3.63, 3.8) is 0 Å². The summed E-state index contributed by atoms with van der Waals surface area (Å²) in [5.74, 6) is 1.78. The molecule has 0 aromatic carbocycles. The molecule has 2 N–H and O–H groups in total. The zero-order valence-electron chi connectivity index (χ0n) is 12.3. The van der Waals surface area contributed by atoms with Crippen LogP contribution in [-0.4, -0.2) is 66.2 Å². The van der Waals surface area contributed by atoms with Crippen molar-refractivity contribution in [2.45, 2.75) is 25.3 Å². The van der Waals surface area contributed by atoms with Gasteiger partial charge in [0.15, 0.2) is 0 Å². The zero-order valence-corrected chi connectivity index (χ0v) is 12.3. The Kier molecular flexibility index (Phi) is 3.60. The molecule has 0 saturated carbocycles. The number of likely N-dealkylation sites (N-methyl/N-ethyl adjacent to an activating group) is 1. The molecular formula is C13H23N7. The third-order valence-electron chi connectivity index (χ3n) is 4.19. The van der Waals surface area contributed by atoms with Crippen molar-refractivity contribution >= 4 is 17.8 Å². The minimum Gasteiger partial charge on any atom is -0.368 e. The molecule has 3 heterocycles. The van der Waals surface area contributed by atoms with Crippen LogP contribution in [0.15, 0.2) is 0 Å². The Morgan fingerprint density at radius 3 is 2.25 bits per heavy atom. The average molecular weight is 277 g/mol. The lowest BCUT2D eigenvalue weighted by molar-refractivity contribution is 0.315. The third kappa shape index (κ3) is 2.63. The Labute approximate surface area is 119 Å². The fraction of sp³-hybridized carbons (Fsp3) is 0.769. The van der Waals surface area contributed by atoms with Crippen LogP contribution in [0.25, 0.3) is 0 Å². The van der Waals surface area contributed by atoms with Crippen LogP contribution in [0.2, 0.25) is 0 Å². The Balaban J connectivity index is 1.79. The molecule has 1 atom stereocenters. The highest BCUT2D eigenvalue weighted by Crippen LogP contribution is 2.23. The van der Waals surface area contributed by atoms with Gasteiger partial charge in [-0.25, -0.2) is 0 Å². The molecule has 20 heavy (non-hydrogen) atoms. The lowest BCUT2D eigenvalue weighted by Crippen LogP contribution is -2.32. The van der Waals surface area contributed by atoms with Crippen molar-refractivity contribution in [3.05, 3.63) is 0 Å². The summed E-state index contributed by atoms with van der Waals surface area (Å²) in [7, 11) is 4.23. The standard InChI is InChI=1S/C13H23N7/c1-18(2)10-5-8-20(9-10)13-16-11(14)15-12(17-13)19-6-3-4-7-19/h10H,3-9H2,1-2H3,(H2,14,15,16,17). The highest BCUT2D eigenvalue weighted by molar-refractivity contribution is 5.44. The van der Waals surface area contributed by atoms with Gasteiger partial charge in [0.05, 0.1) is 0 Å². The van der Waals surface area contributed by atoms with Crippen molar-refractivity contribution < 1.29 is 0 Å². The molecule has 0 radical (unpaired) electrons. The number of hydrogen-bond donors (Lipinski definition) is 1. The highest BCUT2D eigenvalue weighted by atomic mass is 15.4. The maximum absolute atomic E-state index is 5.86. The molecule has 0 amide bonds. The van der Waals surface area contributed by atoms with Gasteiger partial charge in [-0.3, -0.25) is 0 Å². The molecule has 110 valence electrons. The predicted molar refractivity (Wildman–Crippen MR) is 80.0 cm³/mol. The summed E-state index contributed by atoms with van der Waals surface area (Å²) in [6.07, 6.45) is 3.54. The molecule has 1 aromatic rings. The number of nitrogen functional groups attached to an aromatic ring is 1. The van der Waals surface area contributed by atoms with Gasteiger partial charge in [0.2, 0.25) is 17.8 Å². The lowest BCUT2D eigenvalue weighted by atomic mass is 10.2. The first-order chi connectivity index (χ1) is 9.63. The van der Waals surface area contributed by atoms with E-state index >= 15 is 0 Å². The number of aromatic nitrogens is 3. The van der Waals surface area contributed by atoms with Crippen LogP contribution in [0.3, 0.4) is 0 Å². The number of nitrogens with zero attached hydrogens (tertiary/aromatic N) is 6. The molecule has 2 aliphatic heterocycles. The molecule has 2 aliphatic rings. The minimum atomic E-state index is 0.324. The van der Waals surface area contributed by atoms with E-state index in [4.69, 9.17) is 5.73 Å². The van der Waals surface area contributed by atoms with Crippen molar-refractivity contribution in [1.29, 1.82) is 0 Å². The van der Waals surface area contributed by atoms with Gasteiger partial charge < -0.3 is 20.4 Å². The van der Waals surface area contributed by atoms with Gasteiger partial charge in [-0.1, -0.05) is 0 Å². The Morgan fingerprint density at radius 1 is 1.00 bits per heavy atom. The van der Waals surface area contributed by atoms with Crippen molar-refractivity contribution in [2.24, 2.45) is 0 Å². The molecule has 0 bridgehead atoms. The average Bonchev–Trinajstić information content (AvgIpc) is 3.10. The van der Waals surface area contributed by atoms with Gasteiger partial charge in [0.1, 0.15) is 0 Å². The first-order valence-electron chi connectivity index (χ1n) is 7.31. The van der Waals surface area contributed by atoms with Crippen LogP contribution >= 0.6 is 0 Å². The molecule has 0 aliphatic carbocycles. The fourth-order valence-electron chi connectivity index (χ4n) is 2.91. The number of hydrogen-bond acceptors (Lipinski definition) is 7. The van der Waals surface area contributed by atoms with E-state index in [-0.39, 0.29) is 0 Å². The van der Waals surface area contributed by atoms with E-state index in [2.05, 4.69) is 43.7 Å². The second-order valence-corrected chi connectivity index (χ2v) is 5.84. The molecule has 7 heteroatoms. The second kappa shape index (κ2) is 5.40. The largest absolute Gasteiger partial charge is 0.368 e. The van der Waals surface area contributed by atoms with Gasteiger partial charge in [0.25, 0.3) is 0 Å². The number of anilines is 3. The molecule has 2 fully saturated rings. The van der Waals surface area contributed by atoms with Crippen LogP contribution in [0.4, 0.5) is 17.8 Å². The maximum Gasteiger partial charge on any atom is 0.232 e. The molecule has 3 rings (SSSR count). The zero-order chi connectivity index (χ0) is 14.1. The third-order valence-corrected chi connectivity index (χ3v) is 4.19. The number of nitrogens with two attached hydrogens (primary N) is 1. The Morgan fingerprint density at radius 2 is 1.65 bits per heavy atom. The van der Waals surface area contributed by atoms with Gasteiger partial charge >= 0.3 is 0 Å². The maximum atomic E-state index is 5.86. The molecule has 2 saturated heterocycles. The molecular weight excluding hydrogens is 254 g/mol. The topological polar surface area (TPSA) is 74.4 Å². The van der Waals surface area contributed by atoms with E-state index in [0.717, 1.165) is 44.5 Å². The summed E-state index contributed by atoms with van der Waals surface area (Å²) in [6.45, 7) is 3.97. The van der Waals surface area contributed by atoms with Gasteiger partial charge in [-0.15, -0.1) is 0 Å².